The fourth-order valence-corrected chi connectivity index (χ4v) is 2.94. The van der Waals surface area contributed by atoms with E-state index in [1.165, 1.54) is 5.56 Å². The standard InChI is InChI=1S/C15H21N3O2S/c1-3-4-10-18-14(19)16-17-15(18)21-11-9-12-5-7-13(20-2)8-6-12/h5-8H,3-4,9-11H2,1-2H3,(H,16,19). The number of rotatable bonds is 8. The first kappa shape index (κ1) is 15.7. The SMILES string of the molecule is CCCCn1c(SCCc2ccc(OC)cc2)n[nH]c1=O. The van der Waals surface area contributed by atoms with Crippen LogP contribution >= 0.6 is 11.8 Å². The van der Waals surface area contributed by atoms with Gasteiger partial charge in [0.25, 0.3) is 0 Å². The molecule has 6 heteroatoms. The van der Waals surface area contributed by atoms with Crippen LogP contribution in [0.15, 0.2) is 34.2 Å². The summed E-state index contributed by atoms with van der Waals surface area (Å²) in [5.74, 6) is 1.76. The zero-order valence-electron chi connectivity index (χ0n) is 12.5. The molecule has 21 heavy (non-hydrogen) atoms. The van der Waals surface area contributed by atoms with Gasteiger partial charge in [0.2, 0.25) is 0 Å². The minimum Gasteiger partial charge on any atom is -0.497 e. The Kier molecular flexibility index (Phi) is 5.92. The predicted molar refractivity (Wildman–Crippen MR) is 85.2 cm³/mol. The Morgan fingerprint density at radius 1 is 1.33 bits per heavy atom. The van der Waals surface area contributed by atoms with Gasteiger partial charge in [0.15, 0.2) is 5.16 Å². The summed E-state index contributed by atoms with van der Waals surface area (Å²) in [4.78, 5) is 11.7. The molecule has 2 aromatic rings. The van der Waals surface area contributed by atoms with Crippen LogP contribution in [0.5, 0.6) is 5.75 Å². The van der Waals surface area contributed by atoms with Gasteiger partial charge in [0, 0.05) is 12.3 Å². The largest absolute Gasteiger partial charge is 0.497 e. The number of aryl methyl sites for hydroxylation is 1. The Balaban J connectivity index is 1.89. The van der Waals surface area contributed by atoms with Gasteiger partial charge in [-0.2, -0.15) is 0 Å². The van der Waals surface area contributed by atoms with Crippen LogP contribution in [0.1, 0.15) is 25.3 Å². The highest BCUT2D eigenvalue weighted by molar-refractivity contribution is 7.99. The van der Waals surface area contributed by atoms with Crippen LogP contribution in [-0.4, -0.2) is 27.6 Å². The van der Waals surface area contributed by atoms with E-state index in [-0.39, 0.29) is 5.69 Å². The Morgan fingerprint density at radius 3 is 2.76 bits per heavy atom. The lowest BCUT2D eigenvalue weighted by Gasteiger charge is -2.05. The molecule has 2 rings (SSSR count). The summed E-state index contributed by atoms with van der Waals surface area (Å²) in [5, 5.41) is 7.41. The summed E-state index contributed by atoms with van der Waals surface area (Å²) in [6.07, 6.45) is 2.99. The molecule has 0 spiro atoms. The molecule has 1 aromatic heterocycles. The molecular weight excluding hydrogens is 286 g/mol. The summed E-state index contributed by atoms with van der Waals surface area (Å²) in [5.41, 5.74) is 1.14. The maximum atomic E-state index is 11.7. The third-order valence-corrected chi connectivity index (χ3v) is 4.22. The molecule has 0 atom stereocenters. The van der Waals surface area contributed by atoms with Crippen molar-refractivity contribution in [2.45, 2.75) is 37.9 Å². The Hall–Kier alpha value is -1.69. The van der Waals surface area contributed by atoms with Crippen LogP contribution in [0.2, 0.25) is 0 Å². The summed E-state index contributed by atoms with van der Waals surface area (Å²) >= 11 is 1.61. The van der Waals surface area contributed by atoms with Crippen LogP contribution < -0.4 is 10.4 Å². The Labute approximate surface area is 128 Å². The van der Waals surface area contributed by atoms with Gasteiger partial charge in [-0.25, -0.2) is 9.89 Å². The lowest BCUT2D eigenvalue weighted by atomic mass is 10.2. The summed E-state index contributed by atoms with van der Waals surface area (Å²) < 4.78 is 6.87. The van der Waals surface area contributed by atoms with Gasteiger partial charge in [0.1, 0.15) is 5.75 Å². The van der Waals surface area contributed by atoms with Crippen molar-refractivity contribution in [3.8, 4) is 5.75 Å². The minimum atomic E-state index is -0.115. The van der Waals surface area contributed by atoms with Crippen molar-refractivity contribution in [3.05, 3.63) is 40.3 Å². The fourth-order valence-electron chi connectivity index (χ4n) is 1.98. The third kappa shape index (κ3) is 4.39. The van der Waals surface area contributed by atoms with E-state index in [9.17, 15) is 4.79 Å². The van der Waals surface area contributed by atoms with Crippen LogP contribution in [0.4, 0.5) is 0 Å². The number of nitrogens with zero attached hydrogens (tertiary/aromatic N) is 2. The van der Waals surface area contributed by atoms with E-state index >= 15 is 0 Å². The second-order valence-corrected chi connectivity index (χ2v) is 5.83. The van der Waals surface area contributed by atoms with Crippen LogP contribution in [0, 0.1) is 0 Å². The average molecular weight is 307 g/mol. The van der Waals surface area contributed by atoms with Crippen LogP contribution in [0.25, 0.3) is 0 Å². The molecule has 1 heterocycles. The molecule has 0 amide bonds. The number of aromatic amines is 1. The molecule has 0 aliphatic rings. The lowest BCUT2D eigenvalue weighted by Crippen LogP contribution is -2.17. The van der Waals surface area contributed by atoms with Gasteiger partial charge in [-0.1, -0.05) is 37.2 Å². The van der Waals surface area contributed by atoms with Crippen LogP contribution in [0.3, 0.4) is 0 Å². The Bertz CT molecular complexity index is 604. The first-order valence-corrected chi connectivity index (χ1v) is 8.14. The number of hydrogen-bond donors (Lipinski definition) is 1. The lowest BCUT2D eigenvalue weighted by molar-refractivity contribution is 0.414. The van der Waals surface area contributed by atoms with E-state index < -0.39 is 0 Å². The normalized spacial score (nSPS) is 10.8. The van der Waals surface area contributed by atoms with Crippen molar-refractivity contribution in [1.82, 2.24) is 14.8 Å². The first-order valence-electron chi connectivity index (χ1n) is 7.15. The maximum Gasteiger partial charge on any atom is 0.343 e. The van der Waals surface area contributed by atoms with E-state index in [1.807, 2.05) is 12.1 Å². The van der Waals surface area contributed by atoms with Crippen molar-refractivity contribution >= 4 is 11.8 Å². The molecule has 0 aliphatic heterocycles. The monoisotopic (exact) mass is 307 g/mol. The van der Waals surface area contributed by atoms with E-state index in [4.69, 9.17) is 4.74 Å². The molecule has 5 nitrogen and oxygen atoms in total. The highest BCUT2D eigenvalue weighted by Crippen LogP contribution is 2.17. The van der Waals surface area contributed by atoms with Gasteiger partial charge >= 0.3 is 5.69 Å². The third-order valence-electron chi connectivity index (χ3n) is 3.24. The van der Waals surface area contributed by atoms with Crippen molar-refractivity contribution in [2.24, 2.45) is 0 Å². The topological polar surface area (TPSA) is 59.9 Å². The minimum absolute atomic E-state index is 0.115. The van der Waals surface area contributed by atoms with Crippen molar-refractivity contribution in [2.75, 3.05) is 12.9 Å². The zero-order valence-corrected chi connectivity index (χ0v) is 13.3. The number of unbranched alkanes of at least 4 members (excludes halogenated alkanes) is 1. The smallest absolute Gasteiger partial charge is 0.343 e. The second-order valence-electron chi connectivity index (χ2n) is 4.76. The number of H-pyrrole nitrogens is 1. The molecule has 1 aromatic carbocycles. The van der Waals surface area contributed by atoms with Gasteiger partial charge in [0.05, 0.1) is 7.11 Å². The first-order chi connectivity index (χ1) is 10.2. The van der Waals surface area contributed by atoms with Crippen molar-refractivity contribution in [1.29, 1.82) is 0 Å². The van der Waals surface area contributed by atoms with E-state index in [0.717, 1.165) is 42.5 Å². The molecule has 0 bridgehead atoms. The second kappa shape index (κ2) is 7.93. The number of methoxy groups -OCH3 is 1. The highest BCUT2D eigenvalue weighted by Gasteiger charge is 2.08. The average Bonchev–Trinajstić information content (AvgIpc) is 2.86. The van der Waals surface area contributed by atoms with Gasteiger partial charge < -0.3 is 4.74 Å². The quantitative estimate of drug-likeness (QED) is 0.762. The molecule has 0 unspecified atom stereocenters. The number of nitrogens with one attached hydrogen (secondary N) is 1. The molecule has 0 aliphatic carbocycles. The van der Waals surface area contributed by atoms with Gasteiger partial charge in [-0.05, 0) is 30.5 Å². The van der Waals surface area contributed by atoms with Crippen molar-refractivity contribution in [3.63, 3.8) is 0 Å². The number of ether oxygens (including phenoxy) is 1. The van der Waals surface area contributed by atoms with E-state index in [2.05, 4.69) is 29.3 Å². The van der Waals surface area contributed by atoms with Gasteiger partial charge in [-0.15, -0.1) is 5.10 Å². The highest BCUT2D eigenvalue weighted by atomic mass is 32.2. The molecule has 0 saturated carbocycles. The molecule has 0 radical (unpaired) electrons. The predicted octanol–water partition coefficient (Wildman–Crippen LogP) is 2.71. The summed E-state index contributed by atoms with van der Waals surface area (Å²) in [7, 11) is 1.66. The van der Waals surface area contributed by atoms with E-state index in [0.29, 0.717) is 0 Å². The van der Waals surface area contributed by atoms with Crippen molar-refractivity contribution < 1.29 is 4.74 Å². The number of aromatic nitrogens is 3. The zero-order chi connectivity index (χ0) is 15.1. The summed E-state index contributed by atoms with van der Waals surface area (Å²) in [6, 6.07) is 8.06. The molecule has 1 N–H and O–H groups in total. The van der Waals surface area contributed by atoms with Crippen LogP contribution in [-0.2, 0) is 13.0 Å². The molecule has 0 fully saturated rings. The molecular formula is C15H21N3O2S. The van der Waals surface area contributed by atoms with Gasteiger partial charge in [-0.3, -0.25) is 4.57 Å². The maximum absolute atomic E-state index is 11.7. The summed E-state index contributed by atoms with van der Waals surface area (Å²) in [6.45, 7) is 2.85. The number of benzene rings is 1. The molecule has 0 saturated heterocycles. The van der Waals surface area contributed by atoms with E-state index in [1.54, 1.807) is 23.4 Å². The molecule has 114 valence electrons. The Morgan fingerprint density at radius 2 is 2.10 bits per heavy atom. The number of hydrogen-bond acceptors (Lipinski definition) is 4. The fraction of sp³-hybridized carbons (Fsp3) is 0.467. The number of thioether (sulfide) groups is 1.